The maximum atomic E-state index is 4.71. The SMILES string of the molecule is c1nc(-c2cnc3c(c2)CNCC3)no1. The number of rotatable bonds is 1. The molecule has 15 heavy (non-hydrogen) atoms. The second-order valence-electron chi connectivity index (χ2n) is 3.51. The highest BCUT2D eigenvalue weighted by Crippen LogP contribution is 2.19. The third-order valence-corrected chi connectivity index (χ3v) is 2.53. The van der Waals surface area contributed by atoms with Crippen molar-refractivity contribution in [2.45, 2.75) is 13.0 Å². The highest BCUT2D eigenvalue weighted by atomic mass is 16.5. The third kappa shape index (κ3) is 1.50. The molecule has 1 aliphatic heterocycles. The highest BCUT2D eigenvalue weighted by molar-refractivity contribution is 5.54. The molecule has 1 N–H and O–H groups in total. The van der Waals surface area contributed by atoms with Gasteiger partial charge in [-0.3, -0.25) is 4.98 Å². The minimum atomic E-state index is 0.593. The molecule has 0 spiro atoms. The zero-order valence-corrected chi connectivity index (χ0v) is 8.10. The molecule has 0 unspecified atom stereocenters. The van der Waals surface area contributed by atoms with Crippen molar-refractivity contribution in [1.82, 2.24) is 20.4 Å². The Kier molecular flexibility index (Phi) is 1.96. The molecule has 0 aliphatic carbocycles. The van der Waals surface area contributed by atoms with E-state index in [0.717, 1.165) is 25.1 Å². The summed E-state index contributed by atoms with van der Waals surface area (Å²) in [7, 11) is 0. The van der Waals surface area contributed by atoms with Crippen LogP contribution in [0.4, 0.5) is 0 Å². The van der Waals surface area contributed by atoms with E-state index in [2.05, 4.69) is 26.5 Å². The number of nitrogens with one attached hydrogen (secondary N) is 1. The van der Waals surface area contributed by atoms with Crippen LogP contribution < -0.4 is 5.32 Å². The lowest BCUT2D eigenvalue weighted by Gasteiger charge is -2.15. The van der Waals surface area contributed by atoms with Gasteiger partial charge in [-0.1, -0.05) is 5.16 Å². The number of aromatic nitrogens is 3. The first-order chi connectivity index (χ1) is 7.43. The zero-order chi connectivity index (χ0) is 10.1. The van der Waals surface area contributed by atoms with Crippen molar-refractivity contribution in [3.63, 3.8) is 0 Å². The third-order valence-electron chi connectivity index (χ3n) is 2.53. The molecule has 5 nitrogen and oxygen atoms in total. The van der Waals surface area contributed by atoms with Crippen LogP contribution in [0.1, 0.15) is 11.3 Å². The van der Waals surface area contributed by atoms with Crippen LogP contribution in [0.2, 0.25) is 0 Å². The van der Waals surface area contributed by atoms with Crippen molar-refractivity contribution in [3.8, 4) is 11.4 Å². The van der Waals surface area contributed by atoms with Crippen molar-refractivity contribution in [3.05, 3.63) is 29.9 Å². The number of hydrogen-bond donors (Lipinski definition) is 1. The van der Waals surface area contributed by atoms with Gasteiger partial charge >= 0.3 is 0 Å². The smallest absolute Gasteiger partial charge is 0.214 e. The summed E-state index contributed by atoms with van der Waals surface area (Å²) in [5, 5.41) is 7.10. The first kappa shape index (κ1) is 8.55. The van der Waals surface area contributed by atoms with Crippen LogP contribution in [0.5, 0.6) is 0 Å². The Hall–Kier alpha value is -1.75. The van der Waals surface area contributed by atoms with Crippen LogP contribution in [0, 0.1) is 0 Å². The molecular weight excluding hydrogens is 192 g/mol. The van der Waals surface area contributed by atoms with Crippen molar-refractivity contribution in [2.24, 2.45) is 0 Å². The average Bonchev–Trinajstić information content (AvgIpc) is 2.82. The summed E-state index contributed by atoms with van der Waals surface area (Å²) < 4.78 is 4.71. The minimum absolute atomic E-state index is 0.593. The maximum Gasteiger partial charge on any atom is 0.214 e. The van der Waals surface area contributed by atoms with Gasteiger partial charge in [0, 0.05) is 37.0 Å². The van der Waals surface area contributed by atoms with Crippen molar-refractivity contribution in [1.29, 1.82) is 0 Å². The van der Waals surface area contributed by atoms with E-state index in [9.17, 15) is 0 Å². The molecule has 0 bridgehead atoms. The van der Waals surface area contributed by atoms with E-state index >= 15 is 0 Å². The minimum Gasteiger partial charge on any atom is -0.342 e. The van der Waals surface area contributed by atoms with Crippen LogP contribution in [-0.2, 0) is 13.0 Å². The van der Waals surface area contributed by atoms with E-state index in [1.54, 1.807) is 6.20 Å². The second-order valence-corrected chi connectivity index (χ2v) is 3.51. The Morgan fingerprint density at radius 2 is 2.33 bits per heavy atom. The van der Waals surface area contributed by atoms with Crippen LogP contribution in [0.15, 0.2) is 23.2 Å². The second kappa shape index (κ2) is 3.43. The predicted octanol–water partition coefficient (Wildman–Crippen LogP) is 0.777. The van der Waals surface area contributed by atoms with Crippen LogP contribution >= 0.6 is 0 Å². The number of fused-ring (bicyclic) bond motifs is 1. The van der Waals surface area contributed by atoms with Gasteiger partial charge < -0.3 is 9.84 Å². The summed E-state index contributed by atoms with van der Waals surface area (Å²) in [6, 6.07) is 2.07. The number of hydrogen-bond acceptors (Lipinski definition) is 5. The maximum absolute atomic E-state index is 4.71. The summed E-state index contributed by atoms with van der Waals surface area (Å²) in [5.41, 5.74) is 3.30. The lowest BCUT2D eigenvalue weighted by atomic mass is 10.1. The molecule has 76 valence electrons. The van der Waals surface area contributed by atoms with Gasteiger partial charge in [0.2, 0.25) is 12.2 Å². The molecule has 2 aromatic rings. The molecule has 0 atom stereocenters. The Labute approximate surface area is 86.5 Å². The van der Waals surface area contributed by atoms with E-state index < -0.39 is 0 Å². The normalized spacial score (nSPS) is 14.9. The molecule has 1 aliphatic rings. The lowest BCUT2D eigenvalue weighted by molar-refractivity contribution is 0.418. The Morgan fingerprint density at radius 3 is 3.20 bits per heavy atom. The van der Waals surface area contributed by atoms with Gasteiger partial charge in [0.25, 0.3) is 0 Å². The van der Waals surface area contributed by atoms with E-state index in [1.807, 2.05) is 0 Å². The fourth-order valence-electron chi connectivity index (χ4n) is 1.77. The molecule has 3 rings (SSSR count). The van der Waals surface area contributed by atoms with Crippen molar-refractivity contribution >= 4 is 0 Å². The molecule has 0 saturated heterocycles. The van der Waals surface area contributed by atoms with Crippen LogP contribution in [0.3, 0.4) is 0 Å². The Balaban J connectivity index is 2.04. The molecule has 0 aromatic carbocycles. The first-order valence-corrected chi connectivity index (χ1v) is 4.89. The lowest BCUT2D eigenvalue weighted by Crippen LogP contribution is -2.24. The molecule has 3 heterocycles. The first-order valence-electron chi connectivity index (χ1n) is 4.89. The largest absolute Gasteiger partial charge is 0.342 e. The summed E-state index contributed by atoms with van der Waals surface area (Å²) >= 11 is 0. The van der Waals surface area contributed by atoms with Crippen molar-refractivity contribution in [2.75, 3.05) is 6.54 Å². The van der Waals surface area contributed by atoms with Gasteiger partial charge in [0.1, 0.15) is 0 Å². The Bertz CT molecular complexity index is 466. The van der Waals surface area contributed by atoms with Gasteiger partial charge in [-0.15, -0.1) is 0 Å². The van der Waals surface area contributed by atoms with Crippen molar-refractivity contribution < 1.29 is 4.52 Å². The molecule has 5 heteroatoms. The molecule has 0 fully saturated rings. The fourth-order valence-corrected chi connectivity index (χ4v) is 1.77. The van der Waals surface area contributed by atoms with E-state index in [4.69, 9.17) is 4.52 Å². The molecular formula is C10H10N4O. The highest BCUT2D eigenvalue weighted by Gasteiger charge is 2.12. The van der Waals surface area contributed by atoms with E-state index in [1.165, 1.54) is 17.7 Å². The average molecular weight is 202 g/mol. The number of pyridine rings is 1. The van der Waals surface area contributed by atoms with E-state index in [0.29, 0.717) is 5.82 Å². The molecule has 0 radical (unpaired) electrons. The fraction of sp³-hybridized carbons (Fsp3) is 0.300. The van der Waals surface area contributed by atoms with Crippen LogP contribution in [0.25, 0.3) is 11.4 Å². The standard InChI is InChI=1S/C10H10N4O/c1-2-11-4-7-3-8(5-12-9(1)7)10-13-6-15-14-10/h3,5-6,11H,1-2,4H2. The van der Waals surface area contributed by atoms with Gasteiger partial charge in [-0.2, -0.15) is 4.98 Å². The van der Waals surface area contributed by atoms with Gasteiger partial charge in [0.15, 0.2) is 0 Å². The summed E-state index contributed by atoms with van der Waals surface area (Å²) in [4.78, 5) is 8.41. The van der Waals surface area contributed by atoms with Crippen LogP contribution in [-0.4, -0.2) is 21.7 Å². The number of nitrogens with zero attached hydrogens (tertiary/aromatic N) is 3. The summed E-state index contributed by atoms with van der Waals surface area (Å²) in [5.74, 6) is 0.593. The van der Waals surface area contributed by atoms with Gasteiger partial charge in [0.05, 0.1) is 0 Å². The molecule has 2 aromatic heterocycles. The molecule has 0 saturated carbocycles. The zero-order valence-electron chi connectivity index (χ0n) is 8.10. The van der Waals surface area contributed by atoms with Gasteiger partial charge in [-0.25, -0.2) is 0 Å². The summed E-state index contributed by atoms with van der Waals surface area (Å²) in [6.45, 7) is 1.87. The predicted molar refractivity (Wildman–Crippen MR) is 52.9 cm³/mol. The Morgan fingerprint density at radius 1 is 1.33 bits per heavy atom. The topological polar surface area (TPSA) is 63.8 Å². The van der Waals surface area contributed by atoms with E-state index in [-0.39, 0.29) is 0 Å². The monoisotopic (exact) mass is 202 g/mol. The summed E-state index contributed by atoms with van der Waals surface area (Å²) in [6.07, 6.45) is 4.11. The molecule has 0 amide bonds. The quantitative estimate of drug-likeness (QED) is 0.740. The van der Waals surface area contributed by atoms with Gasteiger partial charge in [-0.05, 0) is 11.6 Å².